The van der Waals surface area contributed by atoms with E-state index in [1.807, 2.05) is 25.7 Å². The Hall–Kier alpha value is -0.830. The van der Waals surface area contributed by atoms with E-state index < -0.39 is 0 Å². The number of aryl methyl sites for hydroxylation is 2. The van der Waals surface area contributed by atoms with E-state index in [0.29, 0.717) is 6.04 Å². The van der Waals surface area contributed by atoms with Crippen molar-refractivity contribution in [3.8, 4) is 0 Å². The van der Waals surface area contributed by atoms with Gasteiger partial charge in [-0.3, -0.25) is 4.68 Å². The summed E-state index contributed by atoms with van der Waals surface area (Å²) < 4.78 is 1.97. The molecule has 0 aromatic carbocycles. The van der Waals surface area contributed by atoms with Crippen molar-refractivity contribution < 1.29 is 0 Å². The SMILES string of the molecule is CCC(Cc1cc(C)nn1C)NC. The lowest BCUT2D eigenvalue weighted by Gasteiger charge is -2.13. The maximum absolute atomic E-state index is 4.32. The van der Waals surface area contributed by atoms with E-state index in [1.165, 1.54) is 5.69 Å². The summed E-state index contributed by atoms with van der Waals surface area (Å²) in [6.07, 6.45) is 2.21. The number of nitrogens with zero attached hydrogens (tertiary/aromatic N) is 2. The van der Waals surface area contributed by atoms with Crippen molar-refractivity contribution in [2.75, 3.05) is 7.05 Å². The molecule has 1 N–H and O–H groups in total. The van der Waals surface area contributed by atoms with E-state index in [1.54, 1.807) is 0 Å². The maximum atomic E-state index is 4.32. The Balaban J connectivity index is 2.67. The van der Waals surface area contributed by atoms with Crippen LogP contribution in [-0.4, -0.2) is 22.9 Å². The lowest BCUT2D eigenvalue weighted by atomic mass is 10.1. The fraction of sp³-hybridized carbons (Fsp3) is 0.700. The van der Waals surface area contributed by atoms with Crippen LogP contribution in [0.15, 0.2) is 6.07 Å². The monoisotopic (exact) mass is 181 g/mol. The summed E-state index contributed by atoms with van der Waals surface area (Å²) in [5.74, 6) is 0. The Bertz CT molecular complexity index is 261. The minimum atomic E-state index is 0.565. The van der Waals surface area contributed by atoms with Crippen molar-refractivity contribution >= 4 is 0 Å². The van der Waals surface area contributed by atoms with Gasteiger partial charge in [-0.25, -0.2) is 0 Å². The third kappa shape index (κ3) is 2.56. The first-order chi connectivity index (χ1) is 6.17. The van der Waals surface area contributed by atoms with Crippen molar-refractivity contribution in [2.45, 2.75) is 32.7 Å². The third-order valence-electron chi connectivity index (χ3n) is 2.46. The van der Waals surface area contributed by atoms with Crippen molar-refractivity contribution in [3.63, 3.8) is 0 Å². The fourth-order valence-electron chi connectivity index (χ4n) is 1.56. The van der Waals surface area contributed by atoms with E-state index in [9.17, 15) is 0 Å². The molecule has 0 amide bonds. The number of rotatable bonds is 4. The van der Waals surface area contributed by atoms with E-state index in [2.05, 4.69) is 23.4 Å². The molecule has 1 aromatic heterocycles. The lowest BCUT2D eigenvalue weighted by molar-refractivity contribution is 0.522. The molecule has 0 aliphatic heterocycles. The van der Waals surface area contributed by atoms with Gasteiger partial charge in [0.05, 0.1) is 5.69 Å². The predicted octanol–water partition coefficient (Wildman–Crippen LogP) is 1.27. The molecular formula is C10H19N3. The van der Waals surface area contributed by atoms with E-state index in [0.717, 1.165) is 18.5 Å². The number of aromatic nitrogens is 2. The van der Waals surface area contributed by atoms with Crippen LogP contribution < -0.4 is 5.32 Å². The van der Waals surface area contributed by atoms with Crippen LogP contribution in [0.3, 0.4) is 0 Å². The molecule has 74 valence electrons. The number of nitrogens with one attached hydrogen (secondary N) is 1. The molecule has 0 aliphatic carbocycles. The molecule has 3 nitrogen and oxygen atoms in total. The molecule has 0 spiro atoms. The third-order valence-corrected chi connectivity index (χ3v) is 2.46. The van der Waals surface area contributed by atoms with Crippen LogP contribution in [-0.2, 0) is 13.5 Å². The molecule has 0 saturated heterocycles. The van der Waals surface area contributed by atoms with Gasteiger partial charge in [0.15, 0.2) is 0 Å². The van der Waals surface area contributed by atoms with Crippen molar-refractivity contribution in [1.29, 1.82) is 0 Å². The average Bonchev–Trinajstić information content (AvgIpc) is 2.41. The zero-order valence-corrected chi connectivity index (χ0v) is 8.96. The van der Waals surface area contributed by atoms with Gasteiger partial charge in [0.2, 0.25) is 0 Å². The normalized spacial score (nSPS) is 13.2. The van der Waals surface area contributed by atoms with E-state index >= 15 is 0 Å². The minimum Gasteiger partial charge on any atom is -0.317 e. The van der Waals surface area contributed by atoms with Crippen molar-refractivity contribution in [1.82, 2.24) is 15.1 Å². The molecule has 0 bridgehead atoms. The van der Waals surface area contributed by atoms with Crippen LogP contribution in [0.2, 0.25) is 0 Å². The summed E-state index contributed by atoms with van der Waals surface area (Å²) >= 11 is 0. The van der Waals surface area contributed by atoms with Crippen LogP contribution >= 0.6 is 0 Å². The first kappa shape index (κ1) is 10.3. The second kappa shape index (κ2) is 4.42. The minimum absolute atomic E-state index is 0.565. The Morgan fingerprint density at radius 2 is 2.31 bits per heavy atom. The zero-order chi connectivity index (χ0) is 9.84. The fourth-order valence-corrected chi connectivity index (χ4v) is 1.56. The summed E-state index contributed by atoms with van der Waals surface area (Å²) in [5, 5.41) is 7.62. The molecule has 1 unspecified atom stereocenters. The van der Waals surface area contributed by atoms with Gasteiger partial charge in [0.1, 0.15) is 0 Å². The van der Waals surface area contributed by atoms with Gasteiger partial charge >= 0.3 is 0 Å². The highest BCUT2D eigenvalue weighted by Gasteiger charge is 2.08. The average molecular weight is 181 g/mol. The second-order valence-corrected chi connectivity index (χ2v) is 3.50. The van der Waals surface area contributed by atoms with Crippen LogP contribution in [0.25, 0.3) is 0 Å². The summed E-state index contributed by atoms with van der Waals surface area (Å²) in [6.45, 7) is 4.23. The molecule has 13 heavy (non-hydrogen) atoms. The van der Waals surface area contributed by atoms with Crippen LogP contribution in [0.1, 0.15) is 24.7 Å². The second-order valence-electron chi connectivity index (χ2n) is 3.50. The maximum Gasteiger partial charge on any atom is 0.0596 e. The lowest BCUT2D eigenvalue weighted by Crippen LogP contribution is -2.27. The molecular weight excluding hydrogens is 162 g/mol. The summed E-state index contributed by atoms with van der Waals surface area (Å²) in [5.41, 5.74) is 2.40. The van der Waals surface area contributed by atoms with Crippen molar-refractivity contribution in [3.05, 3.63) is 17.5 Å². The molecule has 0 saturated carbocycles. The van der Waals surface area contributed by atoms with Gasteiger partial charge in [-0.1, -0.05) is 6.92 Å². The van der Waals surface area contributed by atoms with Gasteiger partial charge in [-0.2, -0.15) is 5.10 Å². The van der Waals surface area contributed by atoms with Crippen LogP contribution in [0.4, 0.5) is 0 Å². The van der Waals surface area contributed by atoms with Crippen LogP contribution in [0.5, 0.6) is 0 Å². The number of hydrogen-bond acceptors (Lipinski definition) is 2. The predicted molar refractivity (Wildman–Crippen MR) is 54.8 cm³/mol. The van der Waals surface area contributed by atoms with Crippen molar-refractivity contribution in [2.24, 2.45) is 7.05 Å². The summed E-state index contributed by atoms with van der Waals surface area (Å²) in [6, 6.07) is 2.72. The van der Waals surface area contributed by atoms with Gasteiger partial charge in [0.25, 0.3) is 0 Å². The standard InChI is InChI=1S/C10H19N3/c1-5-9(11-3)7-10-6-8(2)12-13(10)4/h6,9,11H,5,7H2,1-4H3. The smallest absolute Gasteiger partial charge is 0.0596 e. The zero-order valence-electron chi connectivity index (χ0n) is 8.96. The molecule has 0 aliphatic rings. The molecule has 1 heterocycles. The quantitative estimate of drug-likeness (QED) is 0.758. The summed E-state index contributed by atoms with van der Waals surface area (Å²) in [7, 11) is 4.02. The molecule has 1 atom stereocenters. The van der Waals surface area contributed by atoms with Gasteiger partial charge < -0.3 is 5.32 Å². The molecule has 1 aromatic rings. The highest BCUT2D eigenvalue weighted by Crippen LogP contribution is 2.06. The highest BCUT2D eigenvalue weighted by atomic mass is 15.3. The van der Waals surface area contributed by atoms with E-state index in [-0.39, 0.29) is 0 Å². The molecule has 3 heteroatoms. The van der Waals surface area contributed by atoms with E-state index in [4.69, 9.17) is 0 Å². The Labute approximate surface area is 80.1 Å². The highest BCUT2D eigenvalue weighted by molar-refractivity contribution is 5.09. The Morgan fingerprint density at radius 3 is 2.69 bits per heavy atom. The van der Waals surface area contributed by atoms with Gasteiger partial charge in [-0.15, -0.1) is 0 Å². The molecule has 0 radical (unpaired) electrons. The number of likely N-dealkylation sites (N-methyl/N-ethyl adjacent to an activating group) is 1. The summed E-state index contributed by atoms with van der Waals surface area (Å²) in [4.78, 5) is 0. The topological polar surface area (TPSA) is 29.9 Å². The molecule has 0 fully saturated rings. The number of hydrogen-bond donors (Lipinski definition) is 1. The first-order valence-corrected chi connectivity index (χ1v) is 4.84. The Morgan fingerprint density at radius 1 is 1.62 bits per heavy atom. The largest absolute Gasteiger partial charge is 0.317 e. The molecule has 1 rings (SSSR count). The first-order valence-electron chi connectivity index (χ1n) is 4.84. The Kier molecular flexibility index (Phi) is 3.48. The van der Waals surface area contributed by atoms with Gasteiger partial charge in [-0.05, 0) is 26.5 Å². The van der Waals surface area contributed by atoms with Crippen LogP contribution in [0, 0.1) is 6.92 Å². The van der Waals surface area contributed by atoms with Gasteiger partial charge in [0, 0.05) is 25.2 Å².